The monoisotopic (exact) mass is 447 g/mol. The van der Waals surface area contributed by atoms with Crippen molar-refractivity contribution in [1.29, 1.82) is 0 Å². The van der Waals surface area contributed by atoms with Crippen LogP contribution in [0.3, 0.4) is 0 Å². The number of amides is 1. The van der Waals surface area contributed by atoms with Crippen LogP contribution in [0.2, 0.25) is 0 Å². The SMILES string of the molecule is Cc1ccc2[nH]c(O)c(N=NC(=O)C(c3ccccc3)c3ccccc3)c2c1Br. The molecule has 4 rings (SSSR count). The van der Waals surface area contributed by atoms with E-state index in [1.165, 1.54) is 0 Å². The standard InChI is InChI=1S/C23H18BrN3O2/c1-14-12-13-17-19(20(14)24)21(23(29)25-17)26-27-22(28)18(15-8-4-2-5-9-15)16-10-6-3-7-11-16/h2-13,18,25,29H,1H3. The molecular weight excluding hydrogens is 430 g/mol. The van der Waals surface area contributed by atoms with E-state index in [0.29, 0.717) is 10.9 Å². The van der Waals surface area contributed by atoms with Crippen LogP contribution in [0.4, 0.5) is 5.69 Å². The molecule has 144 valence electrons. The normalized spacial score (nSPS) is 11.6. The minimum atomic E-state index is -0.571. The Kier molecular flexibility index (Phi) is 5.27. The zero-order valence-corrected chi connectivity index (χ0v) is 17.2. The van der Waals surface area contributed by atoms with E-state index >= 15 is 0 Å². The second-order valence-electron chi connectivity index (χ2n) is 6.73. The first-order chi connectivity index (χ1) is 14.1. The molecule has 4 aromatic rings. The molecule has 0 unspecified atom stereocenters. The predicted molar refractivity (Wildman–Crippen MR) is 117 cm³/mol. The lowest BCUT2D eigenvalue weighted by atomic mass is 9.91. The number of fused-ring (bicyclic) bond motifs is 1. The molecule has 1 aromatic heterocycles. The van der Waals surface area contributed by atoms with Crippen LogP contribution in [-0.4, -0.2) is 16.0 Å². The van der Waals surface area contributed by atoms with Crippen molar-refractivity contribution in [3.8, 4) is 5.88 Å². The van der Waals surface area contributed by atoms with Gasteiger partial charge in [-0.25, -0.2) is 0 Å². The largest absolute Gasteiger partial charge is 0.493 e. The van der Waals surface area contributed by atoms with Crippen molar-refractivity contribution in [3.63, 3.8) is 0 Å². The second kappa shape index (κ2) is 8.01. The molecule has 0 bridgehead atoms. The summed E-state index contributed by atoms with van der Waals surface area (Å²) in [7, 11) is 0. The van der Waals surface area contributed by atoms with E-state index < -0.39 is 11.8 Å². The van der Waals surface area contributed by atoms with Gasteiger partial charge in [-0.15, -0.1) is 10.2 Å². The Morgan fingerprint density at radius 3 is 2.14 bits per heavy atom. The highest BCUT2D eigenvalue weighted by Crippen LogP contribution is 2.41. The fourth-order valence-electron chi connectivity index (χ4n) is 3.34. The third kappa shape index (κ3) is 3.71. The summed E-state index contributed by atoms with van der Waals surface area (Å²) in [6, 6.07) is 22.7. The average Bonchev–Trinajstić information content (AvgIpc) is 3.07. The molecule has 1 amide bonds. The van der Waals surface area contributed by atoms with Crippen LogP contribution in [0.15, 0.2) is 87.5 Å². The molecule has 0 aliphatic rings. The summed E-state index contributed by atoms with van der Waals surface area (Å²) >= 11 is 3.54. The number of nitrogens with zero attached hydrogens (tertiary/aromatic N) is 2. The number of hydrogen-bond donors (Lipinski definition) is 2. The topological polar surface area (TPSA) is 77.8 Å². The summed E-state index contributed by atoms with van der Waals surface area (Å²) in [5.74, 6) is -1.10. The number of aryl methyl sites for hydroxylation is 1. The highest BCUT2D eigenvalue weighted by Gasteiger charge is 2.23. The summed E-state index contributed by atoms with van der Waals surface area (Å²) in [4.78, 5) is 15.9. The van der Waals surface area contributed by atoms with Gasteiger partial charge in [0, 0.05) is 9.86 Å². The summed E-state index contributed by atoms with van der Waals surface area (Å²) in [6.45, 7) is 1.94. The van der Waals surface area contributed by atoms with E-state index in [1.54, 1.807) is 0 Å². The number of carbonyl (C=O) groups is 1. The molecule has 1 heterocycles. The van der Waals surface area contributed by atoms with E-state index in [2.05, 4.69) is 31.1 Å². The highest BCUT2D eigenvalue weighted by molar-refractivity contribution is 9.10. The van der Waals surface area contributed by atoms with Gasteiger partial charge in [-0.05, 0) is 45.6 Å². The Balaban J connectivity index is 1.76. The van der Waals surface area contributed by atoms with Crippen LogP contribution < -0.4 is 0 Å². The zero-order chi connectivity index (χ0) is 20.4. The van der Waals surface area contributed by atoms with Crippen LogP contribution in [0.25, 0.3) is 10.9 Å². The quantitative estimate of drug-likeness (QED) is 0.355. The zero-order valence-electron chi connectivity index (χ0n) is 15.6. The lowest BCUT2D eigenvalue weighted by Crippen LogP contribution is -2.11. The molecule has 0 aliphatic heterocycles. The smallest absolute Gasteiger partial charge is 0.276 e. The number of aromatic hydroxyl groups is 1. The first-order valence-electron chi connectivity index (χ1n) is 9.11. The lowest BCUT2D eigenvalue weighted by Gasteiger charge is -2.13. The third-order valence-electron chi connectivity index (χ3n) is 4.81. The molecule has 2 N–H and O–H groups in total. The number of H-pyrrole nitrogens is 1. The minimum absolute atomic E-state index is 0.126. The summed E-state index contributed by atoms with van der Waals surface area (Å²) in [6.07, 6.45) is 0. The van der Waals surface area contributed by atoms with Gasteiger partial charge in [-0.3, -0.25) is 4.79 Å². The number of rotatable bonds is 4. The van der Waals surface area contributed by atoms with Crippen molar-refractivity contribution in [2.75, 3.05) is 0 Å². The van der Waals surface area contributed by atoms with Gasteiger partial charge in [0.05, 0.1) is 11.4 Å². The fraction of sp³-hybridized carbons (Fsp3) is 0.0870. The number of benzene rings is 3. The summed E-state index contributed by atoms with van der Waals surface area (Å²) in [5, 5.41) is 19.1. The predicted octanol–water partition coefficient (Wildman–Crippen LogP) is 6.39. The fourth-order valence-corrected chi connectivity index (χ4v) is 3.88. The van der Waals surface area contributed by atoms with E-state index in [9.17, 15) is 9.90 Å². The van der Waals surface area contributed by atoms with Crippen molar-refractivity contribution in [3.05, 3.63) is 94.0 Å². The number of nitrogens with one attached hydrogen (secondary N) is 1. The second-order valence-corrected chi connectivity index (χ2v) is 7.53. The highest BCUT2D eigenvalue weighted by atomic mass is 79.9. The molecule has 29 heavy (non-hydrogen) atoms. The van der Waals surface area contributed by atoms with Crippen molar-refractivity contribution in [1.82, 2.24) is 4.98 Å². The van der Waals surface area contributed by atoms with Crippen LogP contribution in [0, 0.1) is 6.92 Å². The number of halogens is 1. The molecule has 0 saturated heterocycles. The van der Waals surface area contributed by atoms with Gasteiger partial charge in [0.25, 0.3) is 5.91 Å². The van der Waals surface area contributed by atoms with Gasteiger partial charge in [0.2, 0.25) is 5.88 Å². The molecule has 0 fully saturated rings. The Bertz CT molecular complexity index is 1160. The van der Waals surface area contributed by atoms with Gasteiger partial charge in [0.1, 0.15) is 0 Å². The van der Waals surface area contributed by atoms with Gasteiger partial charge in [-0.1, -0.05) is 66.7 Å². The third-order valence-corrected chi connectivity index (χ3v) is 5.83. The number of hydrogen-bond acceptors (Lipinski definition) is 3. The molecule has 0 radical (unpaired) electrons. The number of azo groups is 1. The van der Waals surface area contributed by atoms with E-state index in [0.717, 1.165) is 21.2 Å². The number of aromatic nitrogens is 1. The molecule has 5 nitrogen and oxygen atoms in total. The van der Waals surface area contributed by atoms with Crippen molar-refractivity contribution in [2.24, 2.45) is 10.2 Å². The van der Waals surface area contributed by atoms with Crippen molar-refractivity contribution >= 4 is 38.4 Å². The van der Waals surface area contributed by atoms with Gasteiger partial charge in [0.15, 0.2) is 5.69 Å². The first-order valence-corrected chi connectivity index (χ1v) is 9.91. The Morgan fingerprint density at radius 2 is 1.55 bits per heavy atom. The number of aromatic amines is 1. The van der Waals surface area contributed by atoms with E-state index in [1.807, 2.05) is 79.7 Å². The van der Waals surface area contributed by atoms with Crippen LogP contribution >= 0.6 is 15.9 Å². The lowest BCUT2D eigenvalue weighted by molar-refractivity contribution is -0.118. The van der Waals surface area contributed by atoms with Crippen LogP contribution in [0.1, 0.15) is 22.6 Å². The molecule has 0 aliphatic carbocycles. The maximum absolute atomic E-state index is 13.1. The van der Waals surface area contributed by atoms with Crippen LogP contribution in [-0.2, 0) is 4.79 Å². The molecular formula is C23H18BrN3O2. The minimum Gasteiger partial charge on any atom is -0.493 e. The molecule has 0 spiro atoms. The Morgan fingerprint density at radius 1 is 0.966 bits per heavy atom. The van der Waals surface area contributed by atoms with Crippen LogP contribution in [0.5, 0.6) is 5.88 Å². The van der Waals surface area contributed by atoms with E-state index in [-0.39, 0.29) is 11.6 Å². The summed E-state index contributed by atoms with van der Waals surface area (Å²) < 4.78 is 0.801. The van der Waals surface area contributed by atoms with Gasteiger partial charge < -0.3 is 10.1 Å². The van der Waals surface area contributed by atoms with Gasteiger partial charge >= 0.3 is 0 Å². The summed E-state index contributed by atoms with van der Waals surface area (Å²) in [5.41, 5.74) is 3.62. The maximum Gasteiger partial charge on any atom is 0.276 e. The van der Waals surface area contributed by atoms with Gasteiger partial charge in [-0.2, -0.15) is 0 Å². The Hall–Kier alpha value is -3.25. The number of carbonyl (C=O) groups excluding carboxylic acids is 1. The van der Waals surface area contributed by atoms with E-state index in [4.69, 9.17) is 0 Å². The maximum atomic E-state index is 13.1. The molecule has 6 heteroatoms. The van der Waals surface area contributed by atoms with Crippen molar-refractivity contribution in [2.45, 2.75) is 12.8 Å². The average molecular weight is 448 g/mol. The molecule has 0 atom stereocenters. The first kappa shape index (κ1) is 19.1. The Labute approximate surface area is 176 Å². The molecule has 0 saturated carbocycles. The molecule has 3 aromatic carbocycles. The van der Waals surface area contributed by atoms with Crippen molar-refractivity contribution < 1.29 is 9.90 Å².